The number of nitrogens with zero attached hydrogens (tertiary/aromatic N) is 1. The van der Waals surface area contributed by atoms with Gasteiger partial charge in [0.1, 0.15) is 0 Å². The van der Waals surface area contributed by atoms with Crippen molar-refractivity contribution in [2.75, 3.05) is 32.8 Å². The van der Waals surface area contributed by atoms with Crippen molar-refractivity contribution in [3.05, 3.63) is 0 Å². The zero-order valence-corrected chi connectivity index (χ0v) is 11.9. The highest BCUT2D eigenvalue weighted by Crippen LogP contribution is 2.31. The zero-order valence-electron chi connectivity index (χ0n) is 11.9. The first-order chi connectivity index (χ1) is 9.26. The fourth-order valence-corrected chi connectivity index (χ4v) is 3.96. The predicted octanol–water partition coefficient (Wildman–Crippen LogP) is 1.77. The summed E-state index contributed by atoms with van der Waals surface area (Å²) in [5.74, 6) is 0.401. The van der Waals surface area contributed by atoms with Crippen LogP contribution in [0.1, 0.15) is 44.9 Å². The van der Waals surface area contributed by atoms with Gasteiger partial charge in [0.05, 0.1) is 25.9 Å². The van der Waals surface area contributed by atoms with E-state index in [4.69, 9.17) is 9.47 Å². The minimum atomic E-state index is -0.356. The molecule has 110 valence electrons. The van der Waals surface area contributed by atoms with Gasteiger partial charge in [-0.05, 0) is 25.3 Å². The Bertz CT molecular complexity index is 285. The van der Waals surface area contributed by atoms with Gasteiger partial charge in [-0.15, -0.1) is 0 Å². The molecule has 2 aliphatic heterocycles. The molecule has 0 bridgehead atoms. The lowest BCUT2D eigenvalue weighted by Gasteiger charge is -2.39. The number of rotatable bonds is 4. The van der Waals surface area contributed by atoms with Crippen molar-refractivity contribution in [2.45, 2.75) is 56.8 Å². The Morgan fingerprint density at radius 3 is 2.63 bits per heavy atom. The number of hydrogen-bond donors (Lipinski definition) is 1. The second-order valence-electron chi connectivity index (χ2n) is 6.49. The van der Waals surface area contributed by atoms with E-state index >= 15 is 0 Å². The van der Waals surface area contributed by atoms with Gasteiger partial charge in [0.2, 0.25) is 0 Å². The van der Waals surface area contributed by atoms with Crippen LogP contribution >= 0.6 is 0 Å². The lowest BCUT2D eigenvalue weighted by Crippen LogP contribution is -2.50. The minimum absolute atomic E-state index is 0.181. The number of β-amino-alcohol motifs (C(OH)–C–C–N with tert-alkyl or cyclic N) is 1. The summed E-state index contributed by atoms with van der Waals surface area (Å²) in [6.45, 7) is 4.12. The van der Waals surface area contributed by atoms with E-state index in [0.717, 1.165) is 58.0 Å². The third kappa shape index (κ3) is 3.48. The number of ether oxygens (including phenoxy) is 2. The number of aliphatic hydroxyl groups is 1. The van der Waals surface area contributed by atoms with Crippen molar-refractivity contribution < 1.29 is 14.6 Å². The van der Waals surface area contributed by atoms with E-state index in [1.165, 1.54) is 25.7 Å². The molecule has 0 aromatic carbocycles. The topological polar surface area (TPSA) is 41.9 Å². The van der Waals surface area contributed by atoms with E-state index in [0.29, 0.717) is 0 Å². The van der Waals surface area contributed by atoms with Crippen LogP contribution in [-0.2, 0) is 9.47 Å². The molecule has 0 amide bonds. The molecule has 1 saturated carbocycles. The van der Waals surface area contributed by atoms with Crippen molar-refractivity contribution in [2.24, 2.45) is 5.92 Å². The Kier molecular flexibility index (Phi) is 4.42. The summed E-state index contributed by atoms with van der Waals surface area (Å²) in [5.41, 5.74) is 0. The van der Waals surface area contributed by atoms with Crippen LogP contribution < -0.4 is 0 Å². The molecule has 3 fully saturated rings. The van der Waals surface area contributed by atoms with Gasteiger partial charge in [-0.25, -0.2) is 0 Å². The molecule has 1 atom stereocenters. The fourth-order valence-electron chi connectivity index (χ4n) is 3.96. The molecule has 1 N–H and O–H groups in total. The molecule has 3 rings (SSSR count). The normalized spacial score (nSPS) is 30.2. The average molecular weight is 269 g/mol. The second kappa shape index (κ2) is 6.08. The van der Waals surface area contributed by atoms with Gasteiger partial charge in [0.25, 0.3) is 0 Å². The summed E-state index contributed by atoms with van der Waals surface area (Å²) in [6.07, 6.45) is 8.24. The number of aliphatic hydroxyl groups excluding tert-OH is 1. The van der Waals surface area contributed by atoms with Gasteiger partial charge in [0.15, 0.2) is 5.79 Å². The molecule has 0 aromatic rings. The standard InChI is InChI=1S/C15H27NO3/c17-14(10-13-4-1-2-5-13)11-16-7-3-6-15(12-16)18-8-9-19-15/h13-14,17H,1-12H2. The maximum atomic E-state index is 10.3. The van der Waals surface area contributed by atoms with Gasteiger partial charge in [-0.3, -0.25) is 4.90 Å². The number of piperidine rings is 1. The molecule has 0 aromatic heterocycles. The molecule has 0 radical (unpaired) electrons. The van der Waals surface area contributed by atoms with E-state index < -0.39 is 0 Å². The monoisotopic (exact) mass is 269 g/mol. The third-order valence-electron chi connectivity index (χ3n) is 4.86. The lowest BCUT2D eigenvalue weighted by molar-refractivity contribution is -0.191. The van der Waals surface area contributed by atoms with E-state index in [-0.39, 0.29) is 11.9 Å². The summed E-state index contributed by atoms with van der Waals surface area (Å²) in [4.78, 5) is 2.33. The fraction of sp³-hybridized carbons (Fsp3) is 1.00. The van der Waals surface area contributed by atoms with E-state index in [1.54, 1.807) is 0 Å². The Morgan fingerprint density at radius 2 is 1.89 bits per heavy atom. The highest BCUT2D eigenvalue weighted by atomic mass is 16.7. The Balaban J connectivity index is 1.45. The van der Waals surface area contributed by atoms with Crippen molar-refractivity contribution >= 4 is 0 Å². The van der Waals surface area contributed by atoms with Crippen molar-refractivity contribution in [1.82, 2.24) is 4.90 Å². The third-order valence-corrected chi connectivity index (χ3v) is 4.86. The van der Waals surface area contributed by atoms with Crippen LogP contribution in [0.4, 0.5) is 0 Å². The van der Waals surface area contributed by atoms with Crippen LogP contribution in [0.25, 0.3) is 0 Å². The second-order valence-corrected chi connectivity index (χ2v) is 6.49. The number of likely N-dealkylation sites (tertiary alicyclic amines) is 1. The first kappa shape index (κ1) is 13.8. The Labute approximate surface area is 116 Å². The van der Waals surface area contributed by atoms with Gasteiger partial charge in [-0.2, -0.15) is 0 Å². The molecule has 1 unspecified atom stereocenters. The molecule has 2 heterocycles. The molecular weight excluding hydrogens is 242 g/mol. The average Bonchev–Trinajstić information content (AvgIpc) is 3.02. The van der Waals surface area contributed by atoms with Gasteiger partial charge in [0, 0.05) is 13.0 Å². The van der Waals surface area contributed by atoms with E-state index in [9.17, 15) is 5.11 Å². The molecule has 4 heteroatoms. The summed E-state index contributed by atoms with van der Waals surface area (Å²) in [7, 11) is 0. The summed E-state index contributed by atoms with van der Waals surface area (Å²) in [6, 6.07) is 0. The SMILES string of the molecule is OC(CC1CCCC1)CN1CCCC2(C1)OCCO2. The minimum Gasteiger partial charge on any atom is -0.392 e. The quantitative estimate of drug-likeness (QED) is 0.844. The summed E-state index contributed by atoms with van der Waals surface area (Å²) in [5, 5.41) is 10.3. The first-order valence-corrected chi connectivity index (χ1v) is 7.94. The van der Waals surface area contributed by atoms with Crippen LogP contribution in [0.5, 0.6) is 0 Å². The molecule has 1 spiro atoms. The smallest absolute Gasteiger partial charge is 0.181 e. The lowest BCUT2D eigenvalue weighted by atomic mass is 9.98. The van der Waals surface area contributed by atoms with Crippen LogP contribution in [0.2, 0.25) is 0 Å². The summed E-state index contributed by atoms with van der Waals surface area (Å²) >= 11 is 0. The Morgan fingerprint density at radius 1 is 1.16 bits per heavy atom. The largest absolute Gasteiger partial charge is 0.392 e. The zero-order chi connectivity index (χ0) is 13.1. The molecule has 3 aliphatic rings. The molecule has 4 nitrogen and oxygen atoms in total. The van der Waals surface area contributed by atoms with Crippen molar-refractivity contribution in [1.29, 1.82) is 0 Å². The first-order valence-electron chi connectivity index (χ1n) is 7.94. The van der Waals surface area contributed by atoms with Crippen LogP contribution in [0.15, 0.2) is 0 Å². The van der Waals surface area contributed by atoms with E-state index in [2.05, 4.69) is 4.90 Å². The molecular formula is C15H27NO3. The van der Waals surface area contributed by atoms with Crippen LogP contribution in [0.3, 0.4) is 0 Å². The van der Waals surface area contributed by atoms with Crippen LogP contribution in [0, 0.1) is 5.92 Å². The Hall–Kier alpha value is -0.160. The molecule has 1 aliphatic carbocycles. The van der Waals surface area contributed by atoms with Gasteiger partial charge < -0.3 is 14.6 Å². The van der Waals surface area contributed by atoms with Gasteiger partial charge in [-0.1, -0.05) is 25.7 Å². The highest BCUT2D eigenvalue weighted by Gasteiger charge is 2.41. The molecule has 2 saturated heterocycles. The number of hydrogen-bond acceptors (Lipinski definition) is 4. The van der Waals surface area contributed by atoms with Crippen molar-refractivity contribution in [3.8, 4) is 0 Å². The molecule has 19 heavy (non-hydrogen) atoms. The predicted molar refractivity (Wildman–Crippen MR) is 72.9 cm³/mol. The van der Waals surface area contributed by atoms with E-state index in [1.807, 2.05) is 0 Å². The highest BCUT2D eigenvalue weighted by molar-refractivity contribution is 4.85. The van der Waals surface area contributed by atoms with Crippen molar-refractivity contribution in [3.63, 3.8) is 0 Å². The summed E-state index contributed by atoms with van der Waals surface area (Å²) < 4.78 is 11.6. The maximum Gasteiger partial charge on any atom is 0.181 e. The van der Waals surface area contributed by atoms with Crippen LogP contribution in [-0.4, -0.2) is 54.7 Å². The van der Waals surface area contributed by atoms with Gasteiger partial charge >= 0.3 is 0 Å². The maximum absolute atomic E-state index is 10.3.